The maximum atomic E-state index is 13.2. The topological polar surface area (TPSA) is 87.4 Å². The number of nitrogens with one attached hydrogen (secondary N) is 1. The van der Waals surface area contributed by atoms with Gasteiger partial charge in [-0.05, 0) is 51.4 Å². The predicted octanol–water partition coefficient (Wildman–Crippen LogP) is 3.80. The van der Waals surface area contributed by atoms with Crippen molar-refractivity contribution in [1.29, 1.82) is 0 Å². The number of hydrogen-bond acceptors (Lipinski definition) is 7. The zero-order valence-corrected chi connectivity index (χ0v) is 18.6. The molecule has 2 fully saturated rings. The van der Waals surface area contributed by atoms with Crippen molar-refractivity contribution in [2.45, 2.75) is 77.2 Å². The minimum atomic E-state index is -0.153. The molecule has 2 aromatic heterocycles. The van der Waals surface area contributed by atoms with Crippen LogP contribution in [0.4, 0.5) is 17.8 Å². The smallest absolute Gasteiger partial charge is 0.300 e. The molecule has 0 radical (unpaired) electrons. The van der Waals surface area contributed by atoms with Crippen molar-refractivity contribution in [3.8, 4) is 0 Å². The molecule has 8 heteroatoms. The van der Waals surface area contributed by atoms with Crippen molar-refractivity contribution < 1.29 is 9.21 Å². The molecule has 2 saturated heterocycles. The van der Waals surface area contributed by atoms with Crippen LogP contribution in [0.2, 0.25) is 0 Å². The number of amides is 1. The summed E-state index contributed by atoms with van der Waals surface area (Å²) in [7, 11) is 0. The van der Waals surface area contributed by atoms with E-state index in [2.05, 4.69) is 29.0 Å². The molecule has 8 nitrogen and oxygen atoms in total. The van der Waals surface area contributed by atoms with Gasteiger partial charge >= 0.3 is 6.01 Å². The number of piperidine rings is 1. The molecule has 0 bridgehead atoms. The Bertz CT molecular complexity index is 950. The van der Waals surface area contributed by atoms with E-state index in [4.69, 9.17) is 14.4 Å². The summed E-state index contributed by atoms with van der Waals surface area (Å²) in [6.07, 6.45) is 10.0. The standard InChI is InChI=1S/C23H32N6O2/c1-15(2)19-14-24-23(31-19)27-20-16-8-6-9-17(16)25-22(26-20)29-13-7-10-18(29)21(30)28-11-4-3-5-12-28/h14-15,18H,3-13H2,1-2H3,(H,24,25,26,27). The molecule has 1 aliphatic carbocycles. The second-order valence-corrected chi connectivity index (χ2v) is 9.24. The second-order valence-electron chi connectivity index (χ2n) is 9.24. The molecule has 1 N–H and O–H groups in total. The fourth-order valence-electron chi connectivity index (χ4n) is 4.95. The van der Waals surface area contributed by atoms with Gasteiger partial charge in [-0.1, -0.05) is 13.8 Å². The second kappa shape index (κ2) is 8.48. The van der Waals surface area contributed by atoms with Gasteiger partial charge in [-0.25, -0.2) is 9.97 Å². The van der Waals surface area contributed by atoms with Crippen LogP contribution in [0.25, 0.3) is 0 Å². The van der Waals surface area contributed by atoms with Crippen molar-refractivity contribution in [2.24, 2.45) is 0 Å². The van der Waals surface area contributed by atoms with Crippen LogP contribution in [0.3, 0.4) is 0 Å². The molecule has 5 rings (SSSR count). The molecular weight excluding hydrogens is 392 g/mol. The van der Waals surface area contributed by atoms with Crippen LogP contribution in [-0.4, -0.2) is 51.4 Å². The first-order valence-electron chi connectivity index (χ1n) is 11.8. The highest BCUT2D eigenvalue weighted by Gasteiger charge is 2.36. The van der Waals surface area contributed by atoms with Gasteiger partial charge in [0.15, 0.2) is 0 Å². The molecule has 2 aliphatic heterocycles. The number of rotatable bonds is 5. The average Bonchev–Trinajstić information content (AvgIpc) is 3.53. The van der Waals surface area contributed by atoms with Gasteiger partial charge in [0.2, 0.25) is 11.9 Å². The summed E-state index contributed by atoms with van der Waals surface area (Å²) >= 11 is 0. The highest BCUT2D eigenvalue weighted by Crippen LogP contribution is 2.33. The summed E-state index contributed by atoms with van der Waals surface area (Å²) in [6, 6.07) is 0.310. The average molecular weight is 425 g/mol. The number of anilines is 3. The number of likely N-dealkylation sites (tertiary alicyclic amines) is 1. The van der Waals surface area contributed by atoms with Crippen LogP contribution < -0.4 is 10.2 Å². The number of nitrogens with zero attached hydrogens (tertiary/aromatic N) is 5. The minimum absolute atomic E-state index is 0.153. The summed E-state index contributed by atoms with van der Waals surface area (Å²) in [5.74, 6) is 2.79. The lowest BCUT2D eigenvalue weighted by atomic mass is 10.1. The van der Waals surface area contributed by atoms with Crippen molar-refractivity contribution in [1.82, 2.24) is 19.9 Å². The summed E-state index contributed by atoms with van der Waals surface area (Å²) in [6.45, 7) is 6.74. The third kappa shape index (κ3) is 4.00. The Hall–Kier alpha value is -2.64. The summed E-state index contributed by atoms with van der Waals surface area (Å²) in [5, 5.41) is 3.30. The first-order valence-corrected chi connectivity index (χ1v) is 11.8. The van der Waals surface area contributed by atoms with E-state index in [0.29, 0.717) is 12.0 Å². The zero-order chi connectivity index (χ0) is 21.4. The number of aromatic nitrogens is 3. The van der Waals surface area contributed by atoms with Gasteiger partial charge < -0.3 is 14.2 Å². The third-order valence-electron chi connectivity index (χ3n) is 6.70. The molecule has 31 heavy (non-hydrogen) atoms. The van der Waals surface area contributed by atoms with Crippen LogP contribution in [-0.2, 0) is 17.6 Å². The molecule has 0 saturated carbocycles. The molecule has 2 aromatic rings. The minimum Gasteiger partial charge on any atom is -0.428 e. The molecular formula is C23H32N6O2. The summed E-state index contributed by atoms with van der Waals surface area (Å²) in [4.78, 5) is 31.6. The van der Waals surface area contributed by atoms with E-state index in [1.165, 1.54) is 6.42 Å². The number of hydrogen-bond donors (Lipinski definition) is 1. The molecule has 0 aromatic carbocycles. The Kier molecular flexibility index (Phi) is 5.54. The number of carbonyl (C=O) groups excluding carboxylic acids is 1. The van der Waals surface area contributed by atoms with Gasteiger partial charge in [-0.3, -0.25) is 10.1 Å². The van der Waals surface area contributed by atoms with Crippen molar-refractivity contribution in [2.75, 3.05) is 29.9 Å². The van der Waals surface area contributed by atoms with E-state index in [1.807, 2.05) is 4.90 Å². The van der Waals surface area contributed by atoms with Crippen LogP contribution in [0.1, 0.15) is 75.3 Å². The number of aryl methyl sites for hydroxylation is 1. The summed E-state index contributed by atoms with van der Waals surface area (Å²) < 4.78 is 5.86. The van der Waals surface area contributed by atoms with Gasteiger partial charge in [0.25, 0.3) is 0 Å². The van der Waals surface area contributed by atoms with Gasteiger partial charge in [-0.2, -0.15) is 4.98 Å². The molecule has 166 valence electrons. The van der Waals surface area contributed by atoms with Crippen molar-refractivity contribution in [3.63, 3.8) is 0 Å². The fourth-order valence-corrected chi connectivity index (χ4v) is 4.95. The molecule has 3 aliphatic rings. The van der Waals surface area contributed by atoms with E-state index < -0.39 is 0 Å². The Morgan fingerprint density at radius 1 is 1.10 bits per heavy atom. The van der Waals surface area contributed by atoms with Crippen LogP contribution in [0.5, 0.6) is 0 Å². The largest absolute Gasteiger partial charge is 0.428 e. The maximum Gasteiger partial charge on any atom is 0.300 e. The van der Waals surface area contributed by atoms with Crippen molar-refractivity contribution in [3.05, 3.63) is 23.2 Å². The van der Waals surface area contributed by atoms with Crippen molar-refractivity contribution >= 4 is 23.7 Å². The van der Waals surface area contributed by atoms with E-state index >= 15 is 0 Å². The fraction of sp³-hybridized carbons (Fsp3) is 0.652. The van der Waals surface area contributed by atoms with Crippen LogP contribution in [0, 0.1) is 0 Å². The van der Waals surface area contributed by atoms with Crippen LogP contribution >= 0.6 is 0 Å². The van der Waals surface area contributed by atoms with Gasteiger partial charge in [0, 0.05) is 31.1 Å². The number of carbonyl (C=O) groups is 1. The maximum absolute atomic E-state index is 13.2. The Morgan fingerprint density at radius 3 is 2.71 bits per heavy atom. The van der Waals surface area contributed by atoms with Gasteiger partial charge in [-0.15, -0.1) is 0 Å². The lowest BCUT2D eigenvalue weighted by Crippen LogP contribution is -2.48. The summed E-state index contributed by atoms with van der Waals surface area (Å²) in [5.41, 5.74) is 2.23. The SMILES string of the molecule is CC(C)c1cnc(Nc2nc(N3CCCC3C(=O)N3CCCCC3)nc3c2CCC3)o1. The lowest BCUT2D eigenvalue weighted by molar-refractivity contribution is -0.133. The van der Waals surface area contributed by atoms with Crippen LogP contribution in [0.15, 0.2) is 10.6 Å². The first kappa shape index (κ1) is 20.3. The quantitative estimate of drug-likeness (QED) is 0.781. The predicted molar refractivity (Wildman–Crippen MR) is 119 cm³/mol. The normalized spacial score (nSPS) is 21.1. The molecule has 0 spiro atoms. The van der Waals surface area contributed by atoms with E-state index in [9.17, 15) is 4.79 Å². The number of fused-ring (bicyclic) bond motifs is 1. The molecule has 1 unspecified atom stereocenters. The lowest BCUT2D eigenvalue weighted by Gasteiger charge is -2.32. The van der Waals surface area contributed by atoms with Gasteiger partial charge in [0.05, 0.1) is 11.9 Å². The van der Waals surface area contributed by atoms with E-state index in [0.717, 1.165) is 87.4 Å². The molecule has 4 heterocycles. The molecule has 1 amide bonds. The highest BCUT2D eigenvalue weighted by molar-refractivity contribution is 5.85. The highest BCUT2D eigenvalue weighted by atomic mass is 16.4. The molecule has 1 atom stereocenters. The van der Waals surface area contributed by atoms with E-state index in [-0.39, 0.29) is 17.9 Å². The Labute approximate surface area is 183 Å². The zero-order valence-electron chi connectivity index (χ0n) is 18.6. The van der Waals surface area contributed by atoms with E-state index in [1.54, 1.807) is 6.20 Å². The number of oxazole rings is 1. The Balaban J connectivity index is 1.42. The Morgan fingerprint density at radius 2 is 1.94 bits per heavy atom. The third-order valence-corrected chi connectivity index (χ3v) is 6.70. The van der Waals surface area contributed by atoms with Gasteiger partial charge in [0.1, 0.15) is 17.6 Å². The monoisotopic (exact) mass is 424 g/mol. The first-order chi connectivity index (χ1) is 15.1.